The molecule has 9 heteroatoms. The van der Waals surface area contributed by atoms with E-state index in [9.17, 15) is 18.0 Å². The van der Waals surface area contributed by atoms with Crippen LogP contribution < -0.4 is 5.69 Å². The van der Waals surface area contributed by atoms with Gasteiger partial charge in [0.15, 0.2) is 11.3 Å². The maximum Gasteiger partial charge on any atom is 0.433 e. The molecule has 0 amide bonds. The van der Waals surface area contributed by atoms with Gasteiger partial charge in [-0.1, -0.05) is 60.7 Å². The Bertz CT molecular complexity index is 1680. The molecule has 3 aromatic heterocycles. The van der Waals surface area contributed by atoms with Gasteiger partial charge in [0.25, 0.3) is 0 Å². The standard InChI is InChI=1S/C27H18F3N5O/c1-17-20(10-13-23(32-17)27(28,29)30)16-35-26(36)34-15-14-22(18-8-11-21(31-2)12-9-18)24(25(34)33-35)19-6-4-3-5-7-19/h3-15H,16H2,1H3. The first kappa shape index (κ1) is 23.1. The molecule has 0 aliphatic heterocycles. The number of fused-ring (bicyclic) bond motifs is 1. The zero-order chi connectivity index (χ0) is 25.4. The Morgan fingerprint density at radius 3 is 2.31 bits per heavy atom. The molecular formula is C27H18F3N5O. The van der Waals surface area contributed by atoms with Crippen molar-refractivity contribution in [3.8, 4) is 22.3 Å². The van der Waals surface area contributed by atoms with Crippen molar-refractivity contribution in [3.05, 3.63) is 118 Å². The summed E-state index contributed by atoms with van der Waals surface area (Å²) < 4.78 is 41.7. The second kappa shape index (κ2) is 8.82. The molecule has 0 radical (unpaired) electrons. The van der Waals surface area contributed by atoms with E-state index in [0.29, 0.717) is 16.9 Å². The molecule has 0 aliphatic carbocycles. The molecule has 178 valence electrons. The maximum absolute atomic E-state index is 13.2. The Labute approximate surface area is 203 Å². The molecule has 5 rings (SSSR count). The van der Waals surface area contributed by atoms with E-state index in [1.54, 1.807) is 18.3 Å². The minimum atomic E-state index is -4.54. The molecule has 0 aliphatic rings. The Balaban J connectivity index is 1.67. The zero-order valence-electron chi connectivity index (χ0n) is 19.0. The van der Waals surface area contributed by atoms with Gasteiger partial charge in [-0.3, -0.25) is 0 Å². The van der Waals surface area contributed by atoms with Gasteiger partial charge in [0.2, 0.25) is 0 Å². The number of hydrogen-bond donors (Lipinski definition) is 0. The van der Waals surface area contributed by atoms with Crippen molar-refractivity contribution in [2.75, 3.05) is 0 Å². The molecule has 0 fully saturated rings. The lowest BCUT2D eigenvalue weighted by Crippen LogP contribution is -2.22. The van der Waals surface area contributed by atoms with E-state index in [4.69, 9.17) is 6.57 Å². The Kier molecular flexibility index (Phi) is 5.65. The lowest BCUT2D eigenvalue weighted by Gasteiger charge is -2.11. The highest BCUT2D eigenvalue weighted by Gasteiger charge is 2.32. The Hall–Kier alpha value is -4.71. The number of pyridine rings is 2. The molecule has 3 heterocycles. The smallest absolute Gasteiger partial charge is 0.250 e. The van der Waals surface area contributed by atoms with Gasteiger partial charge in [-0.15, -0.1) is 5.10 Å². The Morgan fingerprint density at radius 1 is 0.944 bits per heavy atom. The van der Waals surface area contributed by atoms with Gasteiger partial charge >= 0.3 is 11.9 Å². The summed E-state index contributed by atoms with van der Waals surface area (Å²) in [5, 5.41) is 4.58. The third kappa shape index (κ3) is 4.14. The lowest BCUT2D eigenvalue weighted by atomic mass is 9.96. The highest BCUT2D eigenvalue weighted by Crippen LogP contribution is 2.35. The normalized spacial score (nSPS) is 11.5. The van der Waals surface area contributed by atoms with Crippen molar-refractivity contribution >= 4 is 11.3 Å². The summed E-state index contributed by atoms with van der Waals surface area (Å²) >= 11 is 0. The quantitative estimate of drug-likeness (QED) is 0.287. The van der Waals surface area contributed by atoms with E-state index in [1.807, 2.05) is 48.5 Å². The number of nitrogens with zero attached hydrogens (tertiary/aromatic N) is 5. The van der Waals surface area contributed by atoms with Crippen molar-refractivity contribution in [1.82, 2.24) is 19.2 Å². The van der Waals surface area contributed by atoms with Gasteiger partial charge in [0.1, 0.15) is 5.69 Å². The van der Waals surface area contributed by atoms with Crippen LogP contribution in [0.5, 0.6) is 0 Å². The van der Waals surface area contributed by atoms with Crippen molar-refractivity contribution in [2.24, 2.45) is 0 Å². The first-order valence-corrected chi connectivity index (χ1v) is 11.0. The molecule has 0 spiro atoms. The average molecular weight is 485 g/mol. The van der Waals surface area contributed by atoms with Gasteiger partial charge in [-0.05, 0) is 41.3 Å². The summed E-state index contributed by atoms with van der Waals surface area (Å²) in [5.41, 5.74) is 3.43. The third-order valence-corrected chi connectivity index (χ3v) is 5.93. The highest BCUT2D eigenvalue weighted by atomic mass is 19.4. The number of alkyl halides is 3. The van der Waals surface area contributed by atoms with Crippen molar-refractivity contribution < 1.29 is 13.2 Å². The molecule has 0 unspecified atom stereocenters. The number of rotatable bonds is 4. The van der Waals surface area contributed by atoms with Crippen molar-refractivity contribution in [1.29, 1.82) is 0 Å². The predicted molar refractivity (Wildman–Crippen MR) is 130 cm³/mol. The second-order valence-electron chi connectivity index (χ2n) is 8.20. The van der Waals surface area contributed by atoms with E-state index >= 15 is 0 Å². The van der Waals surface area contributed by atoms with Gasteiger partial charge in [-0.25, -0.2) is 23.7 Å². The van der Waals surface area contributed by atoms with E-state index in [0.717, 1.165) is 28.3 Å². The van der Waals surface area contributed by atoms with Crippen LogP contribution in [0.25, 0.3) is 32.7 Å². The van der Waals surface area contributed by atoms with E-state index in [-0.39, 0.29) is 12.2 Å². The van der Waals surface area contributed by atoms with Gasteiger partial charge < -0.3 is 0 Å². The third-order valence-electron chi connectivity index (χ3n) is 5.93. The molecule has 6 nitrogen and oxygen atoms in total. The van der Waals surface area contributed by atoms with Gasteiger partial charge in [0.05, 0.1) is 13.1 Å². The SMILES string of the molecule is [C-]#[N+]c1ccc(-c2ccn3c(=O)n(Cc4ccc(C(F)(F)F)nc4C)nc3c2-c2ccccc2)cc1. The van der Waals surface area contributed by atoms with Crippen LogP contribution in [0, 0.1) is 13.5 Å². The van der Waals surface area contributed by atoms with Crippen LogP contribution >= 0.6 is 0 Å². The summed E-state index contributed by atoms with van der Waals surface area (Å²) in [4.78, 5) is 20.3. The molecule has 0 bridgehead atoms. The van der Waals surface area contributed by atoms with Crippen LogP contribution in [-0.2, 0) is 12.7 Å². The van der Waals surface area contributed by atoms with Crippen molar-refractivity contribution in [3.63, 3.8) is 0 Å². The maximum atomic E-state index is 13.2. The molecular weight excluding hydrogens is 467 g/mol. The van der Waals surface area contributed by atoms with Crippen LogP contribution in [-0.4, -0.2) is 19.2 Å². The van der Waals surface area contributed by atoms with E-state index in [1.165, 1.54) is 22.1 Å². The minimum Gasteiger partial charge on any atom is -0.250 e. The molecule has 0 atom stereocenters. The lowest BCUT2D eigenvalue weighted by molar-refractivity contribution is -0.141. The fourth-order valence-electron chi connectivity index (χ4n) is 4.10. The van der Waals surface area contributed by atoms with Gasteiger partial charge in [0, 0.05) is 17.5 Å². The van der Waals surface area contributed by atoms with Crippen LogP contribution in [0.2, 0.25) is 0 Å². The molecule has 5 aromatic rings. The first-order valence-electron chi connectivity index (χ1n) is 11.0. The molecule has 2 aromatic carbocycles. The molecule has 0 saturated heterocycles. The van der Waals surface area contributed by atoms with Crippen LogP contribution in [0.1, 0.15) is 17.0 Å². The largest absolute Gasteiger partial charge is 0.433 e. The summed E-state index contributed by atoms with van der Waals surface area (Å²) in [6, 6.07) is 20.7. The molecule has 0 saturated carbocycles. The van der Waals surface area contributed by atoms with Crippen LogP contribution in [0.15, 0.2) is 83.8 Å². The Morgan fingerprint density at radius 2 is 1.67 bits per heavy atom. The first-order chi connectivity index (χ1) is 17.3. The fraction of sp³-hybridized carbons (Fsp3) is 0.111. The predicted octanol–water partition coefficient (Wildman–Crippen LogP) is 6.15. The number of aromatic nitrogens is 4. The zero-order valence-corrected chi connectivity index (χ0v) is 19.0. The number of aryl methyl sites for hydroxylation is 1. The van der Waals surface area contributed by atoms with Crippen LogP contribution in [0.3, 0.4) is 0 Å². The number of hydrogen-bond acceptors (Lipinski definition) is 3. The van der Waals surface area contributed by atoms with Crippen LogP contribution in [0.4, 0.5) is 18.9 Å². The fourth-order valence-corrected chi connectivity index (χ4v) is 4.10. The highest BCUT2D eigenvalue weighted by molar-refractivity contribution is 5.91. The molecule has 36 heavy (non-hydrogen) atoms. The summed E-state index contributed by atoms with van der Waals surface area (Å²) in [6.07, 6.45) is -2.92. The molecule has 0 N–H and O–H groups in total. The summed E-state index contributed by atoms with van der Waals surface area (Å²) in [5.74, 6) is 0. The second-order valence-corrected chi connectivity index (χ2v) is 8.20. The van der Waals surface area contributed by atoms with E-state index < -0.39 is 17.6 Å². The number of benzene rings is 2. The monoisotopic (exact) mass is 485 g/mol. The number of halogens is 3. The topological polar surface area (TPSA) is 56.5 Å². The summed E-state index contributed by atoms with van der Waals surface area (Å²) in [6.45, 7) is 8.64. The summed E-state index contributed by atoms with van der Waals surface area (Å²) in [7, 11) is 0. The van der Waals surface area contributed by atoms with Crippen molar-refractivity contribution in [2.45, 2.75) is 19.6 Å². The average Bonchev–Trinajstić information content (AvgIpc) is 3.19. The van der Waals surface area contributed by atoms with E-state index in [2.05, 4.69) is 14.9 Å². The minimum absolute atomic E-state index is 0.0270. The van der Waals surface area contributed by atoms with Gasteiger partial charge in [-0.2, -0.15) is 13.2 Å².